The van der Waals surface area contributed by atoms with Crippen molar-refractivity contribution in [1.82, 2.24) is 4.31 Å². The molecule has 0 spiro atoms. The van der Waals surface area contributed by atoms with Gasteiger partial charge in [0.1, 0.15) is 6.54 Å². The zero-order valence-electron chi connectivity index (χ0n) is 14.3. The predicted octanol–water partition coefficient (Wildman–Crippen LogP) is 0.956. The van der Waals surface area contributed by atoms with Crippen LogP contribution in [0.5, 0.6) is 0 Å². The molecule has 1 heterocycles. The Balaban J connectivity index is 1.65. The molecule has 2 aromatic rings. The fraction of sp³-hybridized carbons (Fsp3) is 0.316. The summed E-state index contributed by atoms with van der Waals surface area (Å²) in [5.41, 5.74) is 2.77. The van der Waals surface area contributed by atoms with Crippen LogP contribution in [0.2, 0.25) is 0 Å². The Hall–Kier alpha value is -2.20. The first kappa shape index (κ1) is 17.6. The van der Waals surface area contributed by atoms with Crippen molar-refractivity contribution in [1.29, 1.82) is 5.26 Å². The Morgan fingerprint density at radius 3 is 2.36 bits per heavy atom. The summed E-state index contributed by atoms with van der Waals surface area (Å²) < 4.78 is 27.0. The van der Waals surface area contributed by atoms with Gasteiger partial charge < -0.3 is 4.90 Å². The van der Waals surface area contributed by atoms with Gasteiger partial charge in [-0.1, -0.05) is 35.9 Å². The standard InChI is InChI=1S/C19H21N3O2S/c1-16-6-8-19(9-7-16)25(23,24)22-12-10-21(11-13-22)15-18-5-3-2-4-17(18)14-20/h2-9H,10-13,15H2,1H3/p+1. The minimum atomic E-state index is -3.42. The third kappa shape index (κ3) is 3.90. The molecule has 0 saturated carbocycles. The maximum Gasteiger partial charge on any atom is 0.243 e. The van der Waals surface area contributed by atoms with Crippen molar-refractivity contribution in [2.75, 3.05) is 26.2 Å². The summed E-state index contributed by atoms with van der Waals surface area (Å²) in [6, 6.07) is 16.8. The van der Waals surface area contributed by atoms with Gasteiger partial charge in [0, 0.05) is 5.56 Å². The van der Waals surface area contributed by atoms with Gasteiger partial charge in [-0.05, 0) is 25.1 Å². The molecule has 1 saturated heterocycles. The van der Waals surface area contributed by atoms with Gasteiger partial charge in [0.2, 0.25) is 10.0 Å². The number of sulfonamides is 1. The fourth-order valence-electron chi connectivity index (χ4n) is 3.13. The lowest BCUT2D eigenvalue weighted by atomic mass is 10.1. The van der Waals surface area contributed by atoms with Crippen LogP contribution in [0.1, 0.15) is 16.7 Å². The van der Waals surface area contributed by atoms with E-state index in [9.17, 15) is 13.7 Å². The maximum atomic E-state index is 12.7. The summed E-state index contributed by atoms with van der Waals surface area (Å²) in [6.45, 7) is 5.18. The Labute approximate surface area is 149 Å². The summed E-state index contributed by atoms with van der Waals surface area (Å²) in [4.78, 5) is 1.66. The number of nitrogens with zero attached hydrogens (tertiary/aromatic N) is 2. The van der Waals surface area contributed by atoms with E-state index >= 15 is 0 Å². The van der Waals surface area contributed by atoms with Gasteiger partial charge in [-0.25, -0.2) is 8.42 Å². The van der Waals surface area contributed by atoms with E-state index in [1.165, 1.54) is 4.90 Å². The molecule has 1 fully saturated rings. The highest BCUT2D eigenvalue weighted by Crippen LogP contribution is 2.16. The molecule has 2 aromatic carbocycles. The molecule has 0 aliphatic carbocycles. The second kappa shape index (κ2) is 7.36. The predicted molar refractivity (Wildman–Crippen MR) is 95.5 cm³/mol. The number of nitriles is 1. The van der Waals surface area contributed by atoms with Crippen molar-refractivity contribution < 1.29 is 13.3 Å². The van der Waals surface area contributed by atoms with E-state index in [1.54, 1.807) is 16.4 Å². The van der Waals surface area contributed by atoms with E-state index < -0.39 is 10.0 Å². The lowest BCUT2D eigenvalue weighted by Crippen LogP contribution is -3.13. The smallest absolute Gasteiger partial charge is 0.243 e. The van der Waals surface area contributed by atoms with E-state index in [1.807, 2.05) is 43.3 Å². The van der Waals surface area contributed by atoms with Crippen LogP contribution in [0.4, 0.5) is 0 Å². The van der Waals surface area contributed by atoms with Crippen LogP contribution in [-0.4, -0.2) is 38.9 Å². The molecule has 0 atom stereocenters. The molecule has 0 amide bonds. The first-order chi connectivity index (χ1) is 12.0. The number of benzene rings is 2. The number of hydrogen-bond acceptors (Lipinski definition) is 3. The van der Waals surface area contributed by atoms with Gasteiger partial charge in [0.25, 0.3) is 0 Å². The van der Waals surface area contributed by atoms with Crippen molar-refractivity contribution in [3.8, 4) is 6.07 Å². The number of quaternary nitrogens is 1. The summed E-state index contributed by atoms with van der Waals surface area (Å²) in [5, 5.41) is 9.20. The van der Waals surface area contributed by atoms with Crippen LogP contribution in [0.3, 0.4) is 0 Å². The minimum Gasteiger partial charge on any atom is -0.329 e. The fourth-order valence-corrected chi connectivity index (χ4v) is 4.57. The number of rotatable bonds is 4. The van der Waals surface area contributed by atoms with E-state index in [4.69, 9.17) is 0 Å². The van der Waals surface area contributed by atoms with Crippen LogP contribution >= 0.6 is 0 Å². The normalized spacial score (nSPS) is 16.5. The number of hydrogen-bond donors (Lipinski definition) is 1. The molecule has 1 aliphatic rings. The highest BCUT2D eigenvalue weighted by atomic mass is 32.2. The lowest BCUT2D eigenvalue weighted by Gasteiger charge is -2.31. The quantitative estimate of drug-likeness (QED) is 0.887. The Bertz CT molecular complexity index is 878. The van der Waals surface area contributed by atoms with Crippen molar-refractivity contribution in [3.05, 3.63) is 65.2 Å². The molecular formula is C19H22N3O2S+. The Morgan fingerprint density at radius 1 is 1.08 bits per heavy atom. The second-order valence-electron chi connectivity index (χ2n) is 6.41. The number of aryl methyl sites for hydroxylation is 1. The summed E-state index contributed by atoms with van der Waals surface area (Å²) in [6.07, 6.45) is 0. The van der Waals surface area contributed by atoms with Crippen LogP contribution in [0, 0.1) is 18.3 Å². The van der Waals surface area contributed by atoms with Crippen LogP contribution in [0.15, 0.2) is 53.4 Å². The van der Waals surface area contributed by atoms with E-state index in [-0.39, 0.29) is 0 Å². The molecule has 25 heavy (non-hydrogen) atoms. The molecule has 1 N–H and O–H groups in total. The highest BCUT2D eigenvalue weighted by Gasteiger charge is 2.30. The third-order valence-electron chi connectivity index (χ3n) is 4.67. The second-order valence-corrected chi connectivity index (χ2v) is 8.35. The van der Waals surface area contributed by atoms with Gasteiger partial charge in [-0.3, -0.25) is 0 Å². The van der Waals surface area contributed by atoms with Gasteiger partial charge >= 0.3 is 0 Å². The first-order valence-electron chi connectivity index (χ1n) is 8.39. The SMILES string of the molecule is Cc1ccc(S(=O)(=O)N2CC[NH+](Cc3ccccc3C#N)CC2)cc1. The van der Waals surface area contributed by atoms with Crippen molar-refractivity contribution in [2.24, 2.45) is 0 Å². The molecule has 0 aromatic heterocycles. The van der Waals surface area contributed by atoms with Gasteiger partial charge in [-0.2, -0.15) is 9.57 Å². The largest absolute Gasteiger partial charge is 0.329 e. The molecular weight excluding hydrogens is 334 g/mol. The molecule has 3 rings (SSSR count). The van der Waals surface area contributed by atoms with E-state index in [0.717, 1.165) is 30.8 Å². The first-order valence-corrected chi connectivity index (χ1v) is 9.83. The van der Waals surface area contributed by atoms with Gasteiger partial charge in [0.05, 0.1) is 42.7 Å². The highest BCUT2D eigenvalue weighted by molar-refractivity contribution is 7.89. The lowest BCUT2D eigenvalue weighted by molar-refractivity contribution is -0.917. The maximum absolute atomic E-state index is 12.7. The third-order valence-corrected chi connectivity index (χ3v) is 6.58. The summed E-state index contributed by atoms with van der Waals surface area (Å²) in [7, 11) is -3.42. The van der Waals surface area contributed by atoms with Crippen molar-refractivity contribution in [3.63, 3.8) is 0 Å². The zero-order valence-corrected chi connectivity index (χ0v) is 15.1. The van der Waals surface area contributed by atoms with Gasteiger partial charge in [-0.15, -0.1) is 0 Å². The average Bonchev–Trinajstić information content (AvgIpc) is 2.63. The molecule has 1 aliphatic heterocycles. The molecule has 130 valence electrons. The van der Waals surface area contributed by atoms with Crippen molar-refractivity contribution in [2.45, 2.75) is 18.4 Å². The van der Waals surface area contributed by atoms with Gasteiger partial charge in [0.15, 0.2) is 0 Å². The average molecular weight is 356 g/mol. The van der Waals surface area contributed by atoms with Crippen LogP contribution in [-0.2, 0) is 16.6 Å². The number of nitrogens with one attached hydrogen (secondary N) is 1. The Morgan fingerprint density at radius 2 is 1.72 bits per heavy atom. The molecule has 5 nitrogen and oxygen atoms in total. The minimum absolute atomic E-state index is 0.358. The summed E-state index contributed by atoms with van der Waals surface area (Å²) >= 11 is 0. The van der Waals surface area contributed by atoms with Crippen molar-refractivity contribution >= 4 is 10.0 Å². The zero-order chi connectivity index (χ0) is 17.9. The molecule has 0 unspecified atom stereocenters. The molecule has 6 heteroatoms. The number of piperazine rings is 1. The van der Waals surface area contributed by atoms with E-state index in [0.29, 0.717) is 23.5 Å². The van der Waals surface area contributed by atoms with Crippen LogP contribution in [0.25, 0.3) is 0 Å². The summed E-state index contributed by atoms with van der Waals surface area (Å²) in [5.74, 6) is 0. The monoisotopic (exact) mass is 356 g/mol. The Kier molecular flexibility index (Phi) is 5.19. The molecule has 0 bridgehead atoms. The topological polar surface area (TPSA) is 65.6 Å². The van der Waals surface area contributed by atoms with Crippen LogP contribution < -0.4 is 4.90 Å². The molecule has 0 radical (unpaired) electrons. The van der Waals surface area contributed by atoms with E-state index in [2.05, 4.69) is 6.07 Å².